The van der Waals surface area contributed by atoms with Crippen LogP contribution in [0.15, 0.2) is 48.5 Å². The highest BCUT2D eigenvalue weighted by Gasteiger charge is 2.39. The number of methoxy groups -OCH3 is 1. The first-order valence-corrected chi connectivity index (χ1v) is 11.9. The van der Waals surface area contributed by atoms with Gasteiger partial charge in [0.2, 0.25) is 11.8 Å². The van der Waals surface area contributed by atoms with Gasteiger partial charge < -0.3 is 19.3 Å². The highest BCUT2D eigenvalue weighted by atomic mass is 16.5. The van der Waals surface area contributed by atoms with E-state index in [1.165, 1.54) is 12.8 Å². The summed E-state index contributed by atoms with van der Waals surface area (Å²) >= 11 is 0. The van der Waals surface area contributed by atoms with Gasteiger partial charge in [0.1, 0.15) is 5.75 Å². The van der Waals surface area contributed by atoms with E-state index in [0.717, 1.165) is 16.9 Å². The molecule has 0 N–H and O–H groups in total. The van der Waals surface area contributed by atoms with Gasteiger partial charge in [-0.3, -0.25) is 14.4 Å². The highest BCUT2D eigenvalue weighted by molar-refractivity contribution is 6.07. The van der Waals surface area contributed by atoms with E-state index in [9.17, 15) is 14.4 Å². The molecule has 2 amide bonds. The summed E-state index contributed by atoms with van der Waals surface area (Å²) in [5.74, 6) is 0.472. The molecule has 2 fully saturated rings. The number of rotatable bonds is 7. The normalized spacial score (nSPS) is 22.5. The lowest BCUT2D eigenvalue weighted by Gasteiger charge is -2.26. The Hall–Kier alpha value is -3.19. The van der Waals surface area contributed by atoms with E-state index in [2.05, 4.69) is 0 Å². The third kappa shape index (κ3) is 4.85. The third-order valence-electron chi connectivity index (χ3n) is 6.93. The van der Waals surface area contributed by atoms with Crippen LogP contribution in [0.5, 0.6) is 5.75 Å². The average molecular weight is 463 g/mol. The molecule has 2 aromatic rings. The number of carbonyl (C=O) groups excluding carboxylic acids is 3. The number of carbonyl (C=O) groups is 3. The Labute approximate surface area is 199 Å². The van der Waals surface area contributed by atoms with Gasteiger partial charge in [0.25, 0.3) is 0 Å². The van der Waals surface area contributed by atoms with Crippen molar-refractivity contribution in [2.75, 3.05) is 33.4 Å². The minimum Gasteiger partial charge on any atom is -0.497 e. The van der Waals surface area contributed by atoms with Crippen molar-refractivity contribution in [2.45, 2.75) is 37.8 Å². The van der Waals surface area contributed by atoms with Gasteiger partial charge in [0.05, 0.1) is 25.7 Å². The summed E-state index contributed by atoms with van der Waals surface area (Å²) in [5, 5.41) is 0. The van der Waals surface area contributed by atoms with E-state index in [1.54, 1.807) is 23.0 Å². The molecular formula is C27H30N2O5. The zero-order valence-corrected chi connectivity index (χ0v) is 19.4. The lowest BCUT2D eigenvalue weighted by Crippen LogP contribution is -2.42. The van der Waals surface area contributed by atoms with Gasteiger partial charge in [0.15, 0.2) is 5.78 Å². The van der Waals surface area contributed by atoms with Crippen molar-refractivity contribution in [3.05, 3.63) is 65.2 Å². The van der Waals surface area contributed by atoms with Gasteiger partial charge in [0, 0.05) is 38.2 Å². The smallest absolute Gasteiger partial charge is 0.242 e. The fourth-order valence-corrected chi connectivity index (χ4v) is 4.85. The Morgan fingerprint density at radius 1 is 1.06 bits per heavy atom. The second-order valence-corrected chi connectivity index (χ2v) is 9.51. The number of Topliss-reactive ketones (excluding diaryl/α,β-unsaturated/α-hetero) is 1. The fourth-order valence-electron chi connectivity index (χ4n) is 4.85. The quantitative estimate of drug-likeness (QED) is 0.632. The lowest BCUT2D eigenvalue weighted by atomic mass is 9.99. The molecule has 7 nitrogen and oxygen atoms in total. The van der Waals surface area contributed by atoms with Crippen LogP contribution >= 0.6 is 0 Å². The molecule has 1 heterocycles. The van der Waals surface area contributed by atoms with E-state index in [4.69, 9.17) is 9.47 Å². The fraction of sp³-hybridized carbons (Fsp3) is 0.444. The van der Waals surface area contributed by atoms with Crippen molar-refractivity contribution in [1.82, 2.24) is 9.80 Å². The Balaban J connectivity index is 1.35. The number of fused-ring (bicyclic) bond motifs is 1. The molecule has 2 atom stereocenters. The number of hydrogen-bond acceptors (Lipinski definition) is 5. The molecule has 0 radical (unpaired) electrons. The van der Waals surface area contributed by atoms with Crippen LogP contribution in [0.25, 0.3) is 0 Å². The Kier molecular flexibility index (Phi) is 6.37. The first-order chi connectivity index (χ1) is 16.5. The number of amides is 2. The van der Waals surface area contributed by atoms with Gasteiger partial charge in [-0.05, 0) is 42.0 Å². The maximum atomic E-state index is 13.6. The SMILES string of the molecule is COc1cccc(CN2C[C@H](OCC3CC3)CN(C(=O)[C@H]3CC(=O)c4ccccc43)CC2=O)c1. The summed E-state index contributed by atoms with van der Waals surface area (Å²) in [5.41, 5.74) is 2.34. The summed E-state index contributed by atoms with van der Waals surface area (Å²) in [6.07, 6.45) is 2.23. The van der Waals surface area contributed by atoms with E-state index < -0.39 is 5.92 Å². The van der Waals surface area contributed by atoms with E-state index in [0.29, 0.717) is 37.7 Å². The topological polar surface area (TPSA) is 76.2 Å². The van der Waals surface area contributed by atoms with Gasteiger partial charge in [-0.25, -0.2) is 0 Å². The number of ketones is 1. The molecule has 1 saturated carbocycles. The number of benzene rings is 2. The van der Waals surface area contributed by atoms with Crippen molar-refractivity contribution < 1.29 is 23.9 Å². The summed E-state index contributed by atoms with van der Waals surface area (Å²) in [6, 6.07) is 14.9. The Morgan fingerprint density at radius 2 is 1.88 bits per heavy atom. The molecule has 0 spiro atoms. The molecule has 2 aliphatic carbocycles. The first kappa shape index (κ1) is 22.6. The maximum Gasteiger partial charge on any atom is 0.242 e. The van der Waals surface area contributed by atoms with Gasteiger partial charge in [-0.2, -0.15) is 0 Å². The standard InChI is InChI=1S/C27H30N2O5/c1-33-20-6-4-5-19(11-20)13-28-14-21(34-17-18-9-10-18)15-29(16-26(28)31)27(32)24-12-25(30)23-8-3-2-7-22(23)24/h2-8,11,18,21,24H,9-10,12-17H2,1H3/t21-,24-/m0/s1. The largest absolute Gasteiger partial charge is 0.497 e. The highest BCUT2D eigenvalue weighted by Crippen LogP contribution is 2.35. The van der Waals surface area contributed by atoms with Crippen LogP contribution in [0.1, 0.15) is 46.7 Å². The maximum absolute atomic E-state index is 13.6. The predicted molar refractivity (Wildman–Crippen MR) is 126 cm³/mol. The minimum absolute atomic E-state index is 0.0149. The molecule has 7 heteroatoms. The number of hydrogen-bond donors (Lipinski definition) is 0. The molecule has 2 aromatic carbocycles. The summed E-state index contributed by atoms with van der Waals surface area (Å²) < 4.78 is 11.5. The molecule has 0 unspecified atom stereocenters. The van der Waals surface area contributed by atoms with Crippen molar-refractivity contribution in [2.24, 2.45) is 5.92 Å². The second kappa shape index (κ2) is 9.58. The van der Waals surface area contributed by atoms with Crippen molar-refractivity contribution in [1.29, 1.82) is 0 Å². The molecule has 5 rings (SSSR count). The second-order valence-electron chi connectivity index (χ2n) is 9.51. The summed E-state index contributed by atoms with van der Waals surface area (Å²) in [7, 11) is 1.62. The zero-order valence-electron chi connectivity index (χ0n) is 19.4. The van der Waals surface area contributed by atoms with Crippen LogP contribution in [-0.2, 0) is 20.9 Å². The minimum atomic E-state index is -0.537. The molecule has 34 heavy (non-hydrogen) atoms. The van der Waals surface area contributed by atoms with Gasteiger partial charge in [-0.1, -0.05) is 36.4 Å². The van der Waals surface area contributed by atoms with E-state index in [1.807, 2.05) is 42.5 Å². The van der Waals surface area contributed by atoms with Crippen LogP contribution in [0.3, 0.4) is 0 Å². The monoisotopic (exact) mass is 462 g/mol. The molecule has 178 valence electrons. The van der Waals surface area contributed by atoms with Gasteiger partial charge in [-0.15, -0.1) is 0 Å². The molecule has 0 aromatic heterocycles. The Bertz CT molecular complexity index is 1100. The summed E-state index contributed by atoms with van der Waals surface area (Å²) in [4.78, 5) is 42.7. The average Bonchev–Trinajstić information content (AvgIpc) is 3.64. The van der Waals surface area contributed by atoms with Crippen molar-refractivity contribution in [3.8, 4) is 5.75 Å². The summed E-state index contributed by atoms with van der Waals surface area (Å²) in [6.45, 7) is 1.83. The van der Waals surface area contributed by atoms with Crippen LogP contribution in [0, 0.1) is 5.92 Å². The number of nitrogens with zero attached hydrogens (tertiary/aromatic N) is 2. The van der Waals surface area contributed by atoms with Crippen molar-refractivity contribution >= 4 is 17.6 Å². The third-order valence-corrected chi connectivity index (χ3v) is 6.93. The van der Waals surface area contributed by atoms with Gasteiger partial charge >= 0.3 is 0 Å². The first-order valence-electron chi connectivity index (χ1n) is 11.9. The Morgan fingerprint density at radius 3 is 2.68 bits per heavy atom. The predicted octanol–water partition coefficient (Wildman–Crippen LogP) is 3.03. The van der Waals surface area contributed by atoms with E-state index in [-0.39, 0.29) is 36.7 Å². The van der Waals surface area contributed by atoms with Crippen LogP contribution in [-0.4, -0.2) is 66.9 Å². The van der Waals surface area contributed by atoms with Crippen LogP contribution in [0.2, 0.25) is 0 Å². The van der Waals surface area contributed by atoms with Crippen LogP contribution < -0.4 is 4.74 Å². The number of ether oxygens (including phenoxy) is 2. The lowest BCUT2D eigenvalue weighted by molar-refractivity contribution is -0.139. The van der Waals surface area contributed by atoms with Crippen molar-refractivity contribution in [3.63, 3.8) is 0 Å². The molecular weight excluding hydrogens is 432 g/mol. The molecule has 0 bridgehead atoms. The zero-order chi connectivity index (χ0) is 23.7. The molecule has 3 aliphatic rings. The molecule has 1 saturated heterocycles. The van der Waals surface area contributed by atoms with Crippen LogP contribution in [0.4, 0.5) is 0 Å². The molecule has 1 aliphatic heterocycles. The van der Waals surface area contributed by atoms with E-state index >= 15 is 0 Å².